The first-order chi connectivity index (χ1) is 6.63. The molecule has 0 aliphatic heterocycles. The van der Waals surface area contributed by atoms with Gasteiger partial charge < -0.3 is 9.72 Å². The van der Waals surface area contributed by atoms with Gasteiger partial charge in [-0.2, -0.15) is 0 Å². The maximum Gasteiger partial charge on any atom is 0.251 e. The molecular weight excluding hydrogens is 180 g/mol. The summed E-state index contributed by atoms with van der Waals surface area (Å²) in [4.78, 5) is 18.3. The van der Waals surface area contributed by atoms with Gasteiger partial charge in [0, 0.05) is 19.6 Å². The van der Waals surface area contributed by atoms with Crippen LogP contribution in [-0.4, -0.2) is 23.7 Å². The Bertz CT molecular complexity index is 344. The van der Waals surface area contributed by atoms with Crippen LogP contribution in [0.4, 0.5) is 0 Å². The van der Waals surface area contributed by atoms with Gasteiger partial charge in [0.15, 0.2) is 0 Å². The molecule has 0 radical (unpaired) electrons. The molecule has 0 amide bonds. The zero-order valence-electron chi connectivity index (χ0n) is 8.83. The lowest BCUT2D eigenvalue weighted by Crippen LogP contribution is -2.14. The summed E-state index contributed by atoms with van der Waals surface area (Å²) < 4.78 is 4.92. The van der Waals surface area contributed by atoms with E-state index in [-0.39, 0.29) is 11.5 Å². The third-order valence-electron chi connectivity index (χ3n) is 1.95. The Hall–Kier alpha value is -1.16. The predicted molar refractivity (Wildman–Crippen MR) is 54.5 cm³/mol. The van der Waals surface area contributed by atoms with Gasteiger partial charge in [-0.05, 0) is 5.92 Å². The number of nitrogens with one attached hydrogen (secondary N) is 1. The maximum absolute atomic E-state index is 11.2. The van der Waals surface area contributed by atoms with E-state index in [9.17, 15) is 4.79 Å². The summed E-state index contributed by atoms with van der Waals surface area (Å²) in [7, 11) is 1.63. The van der Waals surface area contributed by atoms with Crippen LogP contribution in [0.15, 0.2) is 10.9 Å². The molecule has 0 aliphatic rings. The summed E-state index contributed by atoms with van der Waals surface area (Å²) >= 11 is 0. The van der Waals surface area contributed by atoms with Crippen LogP contribution in [0.3, 0.4) is 0 Å². The van der Waals surface area contributed by atoms with Gasteiger partial charge in [-0.3, -0.25) is 4.79 Å². The van der Waals surface area contributed by atoms with Crippen molar-refractivity contribution < 1.29 is 4.74 Å². The highest BCUT2D eigenvalue weighted by molar-refractivity contribution is 5.06. The van der Waals surface area contributed by atoms with Gasteiger partial charge >= 0.3 is 0 Å². The lowest BCUT2D eigenvalue weighted by atomic mass is 10.1. The summed E-state index contributed by atoms with van der Waals surface area (Å²) in [5.41, 5.74) is 0.745. The summed E-state index contributed by atoms with van der Waals surface area (Å²) in [6, 6.07) is 1.54. The van der Waals surface area contributed by atoms with E-state index >= 15 is 0 Å². The van der Waals surface area contributed by atoms with Gasteiger partial charge in [0.1, 0.15) is 5.82 Å². The topological polar surface area (TPSA) is 55.0 Å². The Kier molecular flexibility index (Phi) is 3.83. The summed E-state index contributed by atoms with van der Waals surface area (Å²) in [6.07, 6.45) is 0.645. The molecule has 0 aliphatic carbocycles. The van der Waals surface area contributed by atoms with E-state index in [1.807, 2.05) is 13.8 Å². The van der Waals surface area contributed by atoms with Gasteiger partial charge in [-0.1, -0.05) is 13.8 Å². The summed E-state index contributed by atoms with van der Waals surface area (Å²) in [5, 5.41) is 0. The SMILES string of the molecule is COCCc1nc(C(C)C)cc(=O)[nH]1. The molecule has 78 valence electrons. The highest BCUT2D eigenvalue weighted by Crippen LogP contribution is 2.08. The van der Waals surface area contributed by atoms with Gasteiger partial charge in [0.25, 0.3) is 5.56 Å². The highest BCUT2D eigenvalue weighted by atomic mass is 16.5. The fraction of sp³-hybridized carbons (Fsp3) is 0.600. The van der Waals surface area contributed by atoms with Crippen molar-refractivity contribution in [1.29, 1.82) is 0 Å². The molecule has 0 fully saturated rings. The molecule has 0 spiro atoms. The molecule has 1 aromatic rings. The minimum Gasteiger partial charge on any atom is -0.384 e. The van der Waals surface area contributed by atoms with Crippen LogP contribution in [0.25, 0.3) is 0 Å². The van der Waals surface area contributed by atoms with E-state index in [0.29, 0.717) is 18.9 Å². The van der Waals surface area contributed by atoms with E-state index in [1.54, 1.807) is 13.2 Å². The Balaban J connectivity index is 2.90. The van der Waals surface area contributed by atoms with Crippen molar-refractivity contribution in [2.75, 3.05) is 13.7 Å². The fourth-order valence-corrected chi connectivity index (χ4v) is 1.14. The molecule has 4 heteroatoms. The quantitative estimate of drug-likeness (QED) is 0.784. The molecule has 0 unspecified atom stereocenters. The Morgan fingerprint density at radius 1 is 1.57 bits per heavy atom. The van der Waals surface area contributed by atoms with Gasteiger partial charge in [0.05, 0.1) is 12.3 Å². The number of aromatic amines is 1. The lowest BCUT2D eigenvalue weighted by Gasteiger charge is -2.06. The summed E-state index contributed by atoms with van der Waals surface area (Å²) in [5.74, 6) is 0.974. The van der Waals surface area contributed by atoms with Gasteiger partial charge in [-0.25, -0.2) is 4.98 Å². The number of hydrogen-bond acceptors (Lipinski definition) is 3. The Morgan fingerprint density at radius 3 is 2.86 bits per heavy atom. The first kappa shape index (κ1) is 10.9. The molecule has 0 bridgehead atoms. The molecule has 0 atom stereocenters. The zero-order valence-corrected chi connectivity index (χ0v) is 8.83. The van der Waals surface area contributed by atoms with Crippen molar-refractivity contribution in [3.63, 3.8) is 0 Å². The number of methoxy groups -OCH3 is 1. The number of hydrogen-bond donors (Lipinski definition) is 1. The van der Waals surface area contributed by atoms with Crippen molar-refractivity contribution in [3.05, 3.63) is 27.9 Å². The van der Waals surface area contributed by atoms with Crippen molar-refractivity contribution in [1.82, 2.24) is 9.97 Å². The van der Waals surface area contributed by atoms with Crippen molar-refractivity contribution in [2.45, 2.75) is 26.2 Å². The van der Waals surface area contributed by atoms with Crippen molar-refractivity contribution >= 4 is 0 Å². The predicted octanol–water partition coefficient (Wildman–Crippen LogP) is 1.08. The molecule has 4 nitrogen and oxygen atoms in total. The zero-order chi connectivity index (χ0) is 10.6. The van der Waals surface area contributed by atoms with Gasteiger partial charge in [0.2, 0.25) is 0 Å². The smallest absolute Gasteiger partial charge is 0.251 e. The van der Waals surface area contributed by atoms with E-state index < -0.39 is 0 Å². The number of aromatic nitrogens is 2. The molecular formula is C10H16N2O2. The molecule has 0 saturated heterocycles. The first-order valence-electron chi connectivity index (χ1n) is 4.72. The molecule has 1 heterocycles. The van der Waals surface area contributed by atoms with E-state index in [2.05, 4.69) is 9.97 Å². The van der Waals surface area contributed by atoms with E-state index in [1.165, 1.54) is 0 Å². The van der Waals surface area contributed by atoms with Crippen LogP contribution in [-0.2, 0) is 11.2 Å². The number of rotatable bonds is 4. The molecule has 0 aromatic carbocycles. The Morgan fingerprint density at radius 2 is 2.29 bits per heavy atom. The minimum absolute atomic E-state index is 0.0881. The Labute approximate surface area is 83.3 Å². The molecule has 1 N–H and O–H groups in total. The lowest BCUT2D eigenvalue weighted by molar-refractivity contribution is 0.200. The minimum atomic E-state index is -0.0881. The second kappa shape index (κ2) is 4.91. The van der Waals surface area contributed by atoms with Crippen LogP contribution < -0.4 is 5.56 Å². The molecule has 0 saturated carbocycles. The normalized spacial score (nSPS) is 10.9. The largest absolute Gasteiger partial charge is 0.384 e. The van der Waals surface area contributed by atoms with Crippen LogP contribution in [0, 0.1) is 0 Å². The second-order valence-electron chi connectivity index (χ2n) is 3.51. The average molecular weight is 196 g/mol. The standard InChI is InChI=1S/C10H16N2O2/c1-7(2)8-6-10(13)12-9(11-8)4-5-14-3/h6-7H,4-5H2,1-3H3,(H,11,12,13). The van der Waals surface area contributed by atoms with Crippen molar-refractivity contribution in [2.24, 2.45) is 0 Å². The number of H-pyrrole nitrogens is 1. The highest BCUT2D eigenvalue weighted by Gasteiger charge is 2.04. The van der Waals surface area contributed by atoms with E-state index in [4.69, 9.17) is 4.74 Å². The second-order valence-corrected chi connectivity index (χ2v) is 3.51. The average Bonchev–Trinajstić information content (AvgIpc) is 2.14. The van der Waals surface area contributed by atoms with Crippen LogP contribution in [0.2, 0.25) is 0 Å². The molecule has 1 aromatic heterocycles. The summed E-state index contributed by atoms with van der Waals surface area (Å²) in [6.45, 7) is 4.61. The fourth-order valence-electron chi connectivity index (χ4n) is 1.14. The molecule has 1 rings (SSSR count). The van der Waals surface area contributed by atoms with Crippen LogP contribution in [0.1, 0.15) is 31.3 Å². The van der Waals surface area contributed by atoms with Gasteiger partial charge in [-0.15, -0.1) is 0 Å². The third-order valence-corrected chi connectivity index (χ3v) is 1.95. The van der Waals surface area contributed by atoms with E-state index in [0.717, 1.165) is 5.69 Å². The first-order valence-corrected chi connectivity index (χ1v) is 4.72. The van der Waals surface area contributed by atoms with Crippen LogP contribution in [0.5, 0.6) is 0 Å². The number of ether oxygens (including phenoxy) is 1. The van der Waals surface area contributed by atoms with Crippen molar-refractivity contribution in [3.8, 4) is 0 Å². The van der Waals surface area contributed by atoms with Crippen LogP contribution >= 0.6 is 0 Å². The molecule has 14 heavy (non-hydrogen) atoms. The maximum atomic E-state index is 11.2. The monoisotopic (exact) mass is 196 g/mol. The third kappa shape index (κ3) is 2.96. The number of nitrogens with zero attached hydrogens (tertiary/aromatic N) is 1.